The molecule has 0 saturated carbocycles. The molecular weight excluding hydrogens is 1100 g/mol. The first-order valence-corrected chi connectivity index (χ1v) is 31.0. The van der Waals surface area contributed by atoms with Crippen LogP contribution in [0.3, 0.4) is 0 Å². The fourth-order valence-corrected chi connectivity index (χ4v) is 11.1. The number of carbonyl (C=O) groups is 11. The zero-order chi connectivity index (χ0) is 66.7. The van der Waals surface area contributed by atoms with Gasteiger partial charge in [-0.05, 0) is 102 Å². The second-order valence-corrected chi connectivity index (χ2v) is 26.1. The Hall–Kier alpha value is -6.13. The smallest absolute Gasteiger partial charge is 0.246 e. The lowest BCUT2D eigenvalue weighted by molar-refractivity contribution is -0.156. The molecule has 1 saturated heterocycles. The van der Waals surface area contributed by atoms with Gasteiger partial charge in [-0.15, -0.1) is 0 Å². The van der Waals surface area contributed by atoms with Crippen molar-refractivity contribution >= 4 is 65.0 Å². The highest BCUT2D eigenvalue weighted by atomic mass is 16.5. The van der Waals surface area contributed by atoms with Crippen molar-refractivity contribution in [3.63, 3.8) is 0 Å². The Labute approximate surface area is 515 Å². The number of hydrogen-bond acceptors (Lipinski definition) is 12. The number of likely N-dealkylation sites (N-methyl/N-ethyl adjacent to an activating group) is 7. The van der Waals surface area contributed by atoms with Gasteiger partial charge in [-0.25, -0.2) is 0 Å². The van der Waals surface area contributed by atoms with Crippen molar-refractivity contribution in [2.24, 2.45) is 41.4 Å². The fourth-order valence-electron chi connectivity index (χ4n) is 11.1. The first-order chi connectivity index (χ1) is 39.8. The summed E-state index contributed by atoms with van der Waals surface area (Å²) < 4.78 is 5.46. The molecule has 0 aromatic heterocycles. The predicted octanol–water partition coefficient (Wildman–Crippen LogP) is 3.92. The van der Waals surface area contributed by atoms with Gasteiger partial charge in [-0.3, -0.25) is 52.7 Å². The highest BCUT2D eigenvalue weighted by molar-refractivity contribution is 6.00. The molecule has 1 aliphatic heterocycles. The molecule has 23 nitrogen and oxygen atoms in total. The van der Waals surface area contributed by atoms with Crippen LogP contribution in [0.25, 0.3) is 0 Å². The van der Waals surface area contributed by atoms with Crippen LogP contribution in [0.4, 0.5) is 0 Å². The van der Waals surface area contributed by atoms with E-state index >= 15 is 9.59 Å². The van der Waals surface area contributed by atoms with Crippen LogP contribution < -0.4 is 21.3 Å². The third-order valence-corrected chi connectivity index (χ3v) is 16.6. The van der Waals surface area contributed by atoms with Gasteiger partial charge in [0.05, 0.1) is 6.61 Å². The van der Waals surface area contributed by atoms with E-state index in [0.29, 0.717) is 6.42 Å². The number of methoxy groups -OCH3 is 1. The van der Waals surface area contributed by atoms with Crippen molar-refractivity contribution in [3.05, 3.63) is 12.2 Å². The maximum absolute atomic E-state index is 15.2. The molecule has 0 spiro atoms. The Morgan fingerprint density at radius 2 is 0.872 bits per heavy atom. The van der Waals surface area contributed by atoms with E-state index in [1.807, 2.05) is 67.5 Å². The van der Waals surface area contributed by atoms with Crippen molar-refractivity contribution in [1.82, 2.24) is 55.6 Å². The highest BCUT2D eigenvalue weighted by Gasteiger charge is 2.45. The fraction of sp³-hybridized carbons (Fsp3) is 0.794. The van der Waals surface area contributed by atoms with Gasteiger partial charge in [0.2, 0.25) is 65.0 Å². The van der Waals surface area contributed by atoms with Gasteiger partial charge in [0.25, 0.3) is 0 Å². The Bertz CT molecular complexity index is 2350. The Morgan fingerprint density at radius 1 is 0.442 bits per heavy atom. The molecule has 1 aliphatic rings. The first kappa shape index (κ1) is 77.9. The van der Waals surface area contributed by atoms with E-state index < -0.39 is 149 Å². The maximum atomic E-state index is 15.2. The molecule has 0 aromatic carbocycles. The van der Waals surface area contributed by atoms with Gasteiger partial charge in [0, 0.05) is 62.4 Å². The van der Waals surface area contributed by atoms with Crippen LogP contribution in [-0.2, 0) is 57.5 Å². The molecule has 13 atom stereocenters. The number of allylic oxidation sites excluding steroid dienone is 2. The molecule has 23 heteroatoms. The minimum Gasteiger partial charge on any atom is -0.384 e. The van der Waals surface area contributed by atoms with Gasteiger partial charge in [0.1, 0.15) is 66.5 Å². The lowest BCUT2D eigenvalue weighted by Crippen LogP contribution is -2.62. The summed E-state index contributed by atoms with van der Waals surface area (Å²) in [4.78, 5) is 170. The largest absolute Gasteiger partial charge is 0.384 e. The summed E-state index contributed by atoms with van der Waals surface area (Å²) in [6.45, 7) is 29.9. The molecule has 1 heterocycles. The first-order valence-electron chi connectivity index (χ1n) is 31.0. The van der Waals surface area contributed by atoms with Crippen LogP contribution >= 0.6 is 0 Å². The molecular formula is C63H113N11O12. The van der Waals surface area contributed by atoms with E-state index in [2.05, 4.69) is 21.3 Å². The predicted molar refractivity (Wildman–Crippen MR) is 333 cm³/mol. The zero-order valence-electron chi connectivity index (χ0n) is 57.0. The van der Waals surface area contributed by atoms with Gasteiger partial charge < -0.3 is 60.3 Å². The van der Waals surface area contributed by atoms with E-state index in [0.717, 1.165) is 0 Å². The lowest BCUT2D eigenvalue weighted by Gasteiger charge is -2.41. The lowest BCUT2D eigenvalue weighted by atomic mass is 9.93. The third-order valence-electron chi connectivity index (χ3n) is 16.6. The summed E-state index contributed by atoms with van der Waals surface area (Å²) in [6.07, 6.45) is 5.16. The quantitative estimate of drug-likeness (QED) is 0.160. The van der Waals surface area contributed by atoms with Gasteiger partial charge in [-0.2, -0.15) is 0 Å². The van der Waals surface area contributed by atoms with Gasteiger partial charge >= 0.3 is 0 Å². The number of amides is 11. The normalized spacial score (nSPS) is 27.5. The molecule has 492 valence electrons. The summed E-state index contributed by atoms with van der Waals surface area (Å²) in [5.41, 5.74) is 0. The van der Waals surface area contributed by atoms with Crippen molar-refractivity contribution < 1.29 is 57.5 Å². The van der Waals surface area contributed by atoms with Crippen molar-refractivity contribution in [3.8, 4) is 0 Å². The molecule has 0 aromatic rings. The molecule has 1 fully saturated rings. The van der Waals surface area contributed by atoms with Gasteiger partial charge in [-0.1, -0.05) is 102 Å². The maximum Gasteiger partial charge on any atom is 0.246 e. The van der Waals surface area contributed by atoms with E-state index in [1.54, 1.807) is 41.5 Å². The summed E-state index contributed by atoms with van der Waals surface area (Å²) in [6, 6.07) is -13.0. The Balaban J connectivity index is 4.35. The van der Waals surface area contributed by atoms with E-state index in [1.165, 1.54) is 112 Å². The van der Waals surface area contributed by atoms with Crippen LogP contribution in [0.5, 0.6) is 0 Å². The molecule has 0 aliphatic carbocycles. The van der Waals surface area contributed by atoms with Crippen LogP contribution in [0.2, 0.25) is 0 Å². The van der Waals surface area contributed by atoms with E-state index in [-0.39, 0.29) is 62.4 Å². The van der Waals surface area contributed by atoms with E-state index in [9.17, 15) is 43.2 Å². The molecule has 11 amide bonds. The van der Waals surface area contributed by atoms with Crippen molar-refractivity contribution in [1.29, 1.82) is 0 Å². The van der Waals surface area contributed by atoms with Crippen LogP contribution in [-0.4, -0.2) is 229 Å². The molecule has 2 unspecified atom stereocenters. The van der Waals surface area contributed by atoms with E-state index in [4.69, 9.17) is 4.74 Å². The molecule has 1 rings (SSSR count). The summed E-state index contributed by atoms with van der Waals surface area (Å²) >= 11 is 0. The van der Waals surface area contributed by atoms with Crippen molar-refractivity contribution in [2.45, 2.75) is 223 Å². The Kier molecular flexibility index (Phi) is 32.3. The minimum atomic E-state index is -1.25. The second-order valence-electron chi connectivity index (χ2n) is 26.1. The number of rotatable bonds is 16. The standard InChI is InChI=1S/C63H113N11O12/c1-26-28-29-40(13)33-47-55(77)66-45(27-2)59(81)68(18)44(17)58(80)74(24)52(41(14)34-86-25)56(78)67-50(38(9)10)62(84)69(19)46(30-35(3)4)54(76)64-42(15)53(75)65-43(16)57(79)71(21)48(31-36(5)6)60(82)72(22)49(32-37(7)8)61(83)73(23)51(39(11)12)63(85)70(47)20/h26,28,35-52H,27,29-34H2,1-25H3,(H,64,76)(H,65,75)(H,66,77)(H,67,78)/b28-26+/t40-,41-,42+,43-,44-,45+,46+,47+,48+,49+,50?,51?,52+/m1/s1. The average molecular weight is 1220 g/mol. The highest BCUT2D eigenvalue weighted by Crippen LogP contribution is 2.26. The number of hydrogen-bond donors (Lipinski definition) is 4. The topological polar surface area (TPSA) is 268 Å². The van der Waals surface area contributed by atoms with Crippen LogP contribution in [0.15, 0.2) is 12.2 Å². The average Bonchev–Trinajstić information content (AvgIpc) is 1.38. The molecule has 4 N–H and O–H groups in total. The molecule has 86 heavy (non-hydrogen) atoms. The van der Waals surface area contributed by atoms with Crippen molar-refractivity contribution in [2.75, 3.05) is 63.1 Å². The number of carbonyl (C=O) groups excluding carboxylic acids is 11. The number of ether oxygens (including phenoxy) is 1. The van der Waals surface area contributed by atoms with Gasteiger partial charge in [0.15, 0.2) is 0 Å². The summed E-state index contributed by atoms with van der Waals surface area (Å²) in [5.74, 6) is -9.18. The monoisotopic (exact) mass is 1220 g/mol. The van der Waals surface area contributed by atoms with Crippen LogP contribution in [0.1, 0.15) is 156 Å². The Morgan fingerprint density at radius 3 is 1.34 bits per heavy atom. The third kappa shape index (κ3) is 21.3. The van der Waals surface area contributed by atoms with Crippen LogP contribution in [0, 0.1) is 41.4 Å². The molecule has 0 bridgehead atoms. The number of nitrogens with one attached hydrogen (secondary N) is 4. The SMILES string of the molecule is C/C=C/C[C@@H](C)C[C@H]1C(=O)N[C@@H](CC)C(=O)N(C)[C@H](C)C(=O)N(C)[C@@H]([C@H](C)COC)C(=O)NC(C(C)C)C(=O)N(C)[C@@H](CC(C)C)C(=O)N[C@@H](C)C(=O)N[C@H](C)C(=O)N(C)[C@@H](CC(C)C)C(=O)N(C)[C@@H](CC(C)C)C(=O)N(C)C(C(C)C)C(=O)N1C. The molecule has 0 radical (unpaired) electrons. The summed E-state index contributed by atoms with van der Waals surface area (Å²) in [5, 5.41) is 11.1. The summed E-state index contributed by atoms with van der Waals surface area (Å²) in [7, 11) is 11.6. The number of nitrogens with zero attached hydrogens (tertiary/aromatic N) is 7. The second kappa shape index (κ2) is 35.6. The minimum absolute atomic E-state index is 0.0132. The zero-order valence-corrected chi connectivity index (χ0v) is 57.0.